The Morgan fingerprint density at radius 1 is 0.532 bits per heavy atom. The van der Waals surface area contributed by atoms with E-state index in [0.717, 1.165) is 43.8 Å². The first-order chi connectivity index (χ1) is 37.7. The number of carboxylic acids is 2. The predicted octanol–water partition coefficient (Wildman–Crippen LogP) is 15.4. The third-order valence-electron chi connectivity index (χ3n) is 20.0. The van der Waals surface area contributed by atoms with Crippen molar-refractivity contribution in [3.8, 4) is 22.5 Å². The molecule has 10 nitrogen and oxygen atoms in total. The molecular weight excluding hydrogens is 953 g/mol. The average Bonchev–Trinajstić information content (AvgIpc) is 4.44. The molecule has 6 fully saturated rings. The first-order valence-electron chi connectivity index (χ1n) is 30.2. The van der Waals surface area contributed by atoms with Crippen molar-refractivity contribution in [1.82, 2.24) is 28.5 Å². The number of hydrogen-bond acceptors (Lipinski definition) is 4. The Labute approximate surface area is 453 Å². The number of aromatic carboxylic acids is 2. The van der Waals surface area contributed by atoms with E-state index in [1.807, 2.05) is 18.2 Å². The van der Waals surface area contributed by atoms with Crippen LogP contribution in [-0.4, -0.2) is 71.5 Å². The van der Waals surface area contributed by atoms with E-state index in [0.29, 0.717) is 23.0 Å². The fourth-order valence-corrected chi connectivity index (χ4v) is 15.6. The Kier molecular flexibility index (Phi) is 12.8. The number of hydrogen-bond donors (Lipinski definition) is 3. The van der Waals surface area contributed by atoms with Crippen molar-refractivity contribution < 1.29 is 19.8 Å². The number of benzene rings is 4. The van der Waals surface area contributed by atoms with Crippen LogP contribution in [0.2, 0.25) is 0 Å². The SMILES string of the molecule is C1CCNCC1.O=C(O)c1ccc2c(C3CCCCC3)c3n(c2c1)CC1(CC1)Cn1cc(CN2CCCCC2)c2cccc-3c21.O=C(O)c1ccc2c(C3CCCCC3)c3n(c2c1)CC1(CC1)Cn1ccc2cccc-3c21. The van der Waals surface area contributed by atoms with Crippen molar-refractivity contribution in [2.24, 2.45) is 10.8 Å². The molecule has 10 heteroatoms. The number of likely N-dealkylation sites (tertiary alicyclic amines) is 1. The van der Waals surface area contributed by atoms with Gasteiger partial charge in [-0.2, -0.15) is 0 Å². The van der Waals surface area contributed by atoms with Crippen molar-refractivity contribution in [2.45, 2.75) is 173 Å². The quantitative estimate of drug-likeness (QED) is 0.153. The first-order valence-corrected chi connectivity index (χ1v) is 30.2. The van der Waals surface area contributed by atoms with Crippen LogP contribution in [0.5, 0.6) is 0 Å². The van der Waals surface area contributed by atoms with Gasteiger partial charge in [0.05, 0.1) is 33.5 Å². The van der Waals surface area contributed by atoms with E-state index >= 15 is 0 Å². The Morgan fingerprint density at radius 3 is 1.57 bits per heavy atom. The Balaban J connectivity index is 0.000000128. The van der Waals surface area contributed by atoms with Gasteiger partial charge in [0, 0.05) is 99.7 Å². The fourth-order valence-electron chi connectivity index (χ4n) is 15.6. The number of aromatic nitrogens is 4. The van der Waals surface area contributed by atoms with Crippen molar-refractivity contribution in [2.75, 3.05) is 26.2 Å². The summed E-state index contributed by atoms with van der Waals surface area (Å²) in [7, 11) is 0. The van der Waals surface area contributed by atoms with E-state index in [9.17, 15) is 19.8 Å². The molecule has 4 saturated carbocycles. The lowest BCUT2D eigenvalue weighted by molar-refractivity contribution is 0.0686. The number of rotatable bonds is 6. The molecular formula is C67H78N6O4. The summed E-state index contributed by atoms with van der Waals surface area (Å²) >= 11 is 0. The standard InChI is InChI=1S/C34H39N3O2.C28H28N2O2.C5H11N/c38-33(39)24-12-13-27-29(18-24)37-22-34(14-15-34)21-36-20-25(19-35-16-5-2-6-17-35)26-10-7-11-28(31(26)36)32(37)30(27)23-8-3-1-4-9-23;31-27(32)20-9-10-21-23(15-20)30-17-28(12-13-28)16-29-14-11-19-7-4-8-22(25(19)29)26(30)24(21)18-5-2-1-3-6-18;1-2-4-6-5-3-1/h7,10-13,18,20,23H,1-6,8-9,14-17,19,21-22H2,(H,38,39);4,7-11,14-15,18H,1-3,5-6,12-13,16-17H2,(H,31,32);6H,1-5H2. The maximum Gasteiger partial charge on any atom is 0.335 e. The summed E-state index contributed by atoms with van der Waals surface area (Å²) in [4.78, 5) is 26.6. The van der Waals surface area contributed by atoms with E-state index in [2.05, 4.69) is 95.5 Å². The second-order valence-corrected chi connectivity index (χ2v) is 25.3. The van der Waals surface area contributed by atoms with Crippen molar-refractivity contribution in [3.05, 3.63) is 119 Å². The monoisotopic (exact) mass is 1030 g/mol. The molecule has 4 aliphatic carbocycles. The lowest BCUT2D eigenvalue weighted by Crippen LogP contribution is -2.29. The molecule has 0 atom stereocenters. The van der Waals surface area contributed by atoms with Gasteiger partial charge in [-0.3, -0.25) is 4.90 Å². The van der Waals surface area contributed by atoms with Gasteiger partial charge in [-0.15, -0.1) is 0 Å². The van der Waals surface area contributed by atoms with Gasteiger partial charge in [0.2, 0.25) is 0 Å². The van der Waals surface area contributed by atoms with Crippen LogP contribution < -0.4 is 5.32 Å². The number of para-hydroxylation sites is 2. The Hall–Kier alpha value is -6.10. The molecule has 3 N–H and O–H groups in total. The van der Waals surface area contributed by atoms with Crippen molar-refractivity contribution in [3.63, 3.8) is 0 Å². The summed E-state index contributed by atoms with van der Waals surface area (Å²) in [5.41, 5.74) is 16.1. The minimum atomic E-state index is -0.843. The molecule has 0 radical (unpaired) electrons. The highest BCUT2D eigenvalue weighted by atomic mass is 16.4. The Bertz CT molecular complexity index is 3540. The van der Waals surface area contributed by atoms with Gasteiger partial charge in [0.15, 0.2) is 0 Å². The second kappa shape index (κ2) is 20.0. The van der Waals surface area contributed by atoms with Crippen molar-refractivity contribution >= 4 is 55.6 Å². The fraction of sp³-hybridized carbons (Fsp3) is 0.493. The third-order valence-corrected chi connectivity index (χ3v) is 20.0. The average molecular weight is 1030 g/mol. The molecule has 8 aromatic rings. The summed E-state index contributed by atoms with van der Waals surface area (Å²) in [5, 5.41) is 28.2. The van der Waals surface area contributed by atoms with Crippen LogP contribution in [0.4, 0.5) is 0 Å². The van der Waals surface area contributed by atoms with E-state index < -0.39 is 11.9 Å². The van der Waals surface area contributed by atoms with Gasteiger partial charge in [0.25, 0.3) is 0 Å². The first kappa shape index (κ1) is 49.2. The second-order valence-electron chi connectivity index (χ2n) is 25.3. The van der Waals surface area contributed by atoms with Gasteiger partial charge >= 0.3 is 11.9 Å². The summed E-state index contributed by atoms with van der Waals surface area (Å²) in [6, 6.07) is 27.7. The van der Waals surface area contributed by atoms with E-state index in [-0.39, 0.29) is 10.8 Å². The van der Waals surface area contributed by atoms with Crippen LogP contribution >= 0.6 is 0 Å². The molecule has 8 heterocycles. The Morgan fingerprint density at radius 2 is 1.05 bits per heavy atom. The largest absolute Gasteiger partial charge is 0.478 e. The van der Waals surface area contributed by atoms with Crippen LogP contribution in [0.15, 0.2) is 91.3 Å². The van der Waals surface area contributed by atoms with Crippen LogP contribution in [0.25, 0.3) is 66.1 Å². The number of nitrogens with zero attached hydrogens (tertiary/aromatic N) is 5. The summed E-state index contributed by atoms with van der Waals surface area (Å²) < 4.78 is 10.2. The van der Waals surface area contributed by atoms with E-state index in [1.54, 1.807) is 6.07 Å². The highest BCUT2D eigenvalue weighted by molar-refractivity contribution is 6.05. The minimum Gasteiger partial charge on any atom is -0.478 e. The lowest BCUT2D eigenvalue weighted by Gasteiger charge is -2.27. The maximum atomic E-state index is 12.1. The third kappa shape index (κ3) is 9.03. The number of carbonyl (C=O) groups is 2. The molecule has 8 aliphatic rings. The molecule has 4 aliphatic heterocycles. The molecule has 0 unspecified atom stereocenters. The molecule has 2 saturated heterocycles. The minimum absolute atomic E-state index is 0.256. The highest BCUT2D eigenvalue weighted by Crippen LogP contribution is 2.56. The zero-order chi connectivity index (χ0) is 51.8. The van der Waals surface area contributed by atoms with Crippen LogP contribution in [-0.2, 0) is 32.7 Å². The van der Waals surface area contributed by atoms with Gasteiger partial charge in [-0.1, -0.05) is 99.9 Å². The lowest BCUT2D eigenvalue weighted by atomic mass is 9.81. The normalized spacial score (nSPS) is 20.8. The van der Waals surface area contributed by atoms with Crippen LogP contribution in [0, 0.1) is 10.8 Å². The summed E-state index contributed by atoms with van der Waals surface area (Å²) in [6.07, 6.45) is 30.7. The molecule has 4 aromatic carbocycles. The highest BCUT2D eigenvalue weighted by Gasteiger charge is 2.47. The van der Waals surface area contributed by atoms with Crippen LogP contribution in [0.3, 0.4) is 0 Å². The molecule has 16 rings (SSSR count). The van der Waals surface area contributed by atoms with Gasteiger partial charge in [0.1, 0.15) is 0 Å². The number of carboxylic acid groups (broad SMARTS) is 2. The zero-order valence-corrected chi connectivity index (χ0v) is 45.3. The smallest absolute Gasteiger partial charge is 0.335 e. The summed E-state index contributed by atoms with van der Waals surface area (Å²) in [6.45, 7) is 10.0. The molecule has 0 bridgehead atoms. The van der Waals surface area contributed by atoms with Crippen molar-refractivity contribution in [1.29, 1.82) is 0 Å². The van der Waals surface area contributed by atoms with E-state index in [1.165, 1.54) is 226 Å². The molecule has 2 spiro atoms. The van der Waals surface area contributed by atoms with Gasteiger partial charge in [-0.05, 0) is 162 Å². The number of piperidine rings is 2. The number of nitrogens with one attached hydrogen (secondary N) is 1. The summed E-state index contributed by atoms with van der Waals surface area (Å²) in [5.74, 6) is -0.595. The number of fused-ring (bicyclic) bond motifs is 8. The molecule has 4 aromatic heterocycles. The van der Waals surface area contributed by atoms with Gasteiger partial charge in [-0.25, -0.2) is 9.59 Å². The topological polar surface area (TPSA) is 110 Å². The van der Waals surface area contributed by atoms with Gasteiger partial charge < -0.3 is 33.8 Å². The zero-order valence-electron chi connectivity index (χ0n) is 45.3. The van der Waals surface area contributed by atoms with Crippen LogP contribution in [0.1, 0.15) is 178 Å². The predicted molar refractivity (Wildman–Crippen MR) is 310 cm³/mol. The maximum absolute atomic E-state index is 12.1. The molecule has 0 amide bonds. The molecule has 400 valence electrons. The van der Waals surface area contributed by atoms with E-state index in [4.69, 9.17) is 0 Å². The molecule has 77 heavy (non-hydrogen) atoms.